The maximum atomic E-state index is 13.2. The molecule has 0 spiro atoms. The van der Waals surface area contributed by atoms with Crippen LogP contribution in [0.3, 0.4) is 0 Å². The summed E-state index contributed by atoms with van der Waals surface area (Å²) >= 11 is 0. The van der Waals surface area contributed by atoms with Gasteiger partial charge in [0.2, 0.25) is 0 Å². The molecule has 1 heterocycles. The van der Waals surface area contributed by atoms with Gasteiger partial charge in [-0.2, -0.15) is 5.26 Å². The largest absolute Gasteiger partial charge is 0.344 e. The van der Waals surface area contributed by atoms with Gasteiger partial charge < -0.3 is 4.98 Å². The number of nitrogens with one attached hydrogen (secondary N) is 1. The van der Waals surface area contributed by atoms with E-state index < -0.39 is 5.82 Å². The van der Waals surface area contributed by atoms with Crippen LogP contribution in [0, 0.1) is 17.1 Å². The second-order valence-electron chi connectivity index (χ2n) is 2.47. The monoisotopic (exact) mass is 222 g/mol. The Balaban J connectivity index is 0. The van der Waals surface area contributed by atoms with Crippen molar-refractivity contribution < 1.29 is 5.82 Å². The molecule has 0 saturated carbocycles. The molecule has 1 N–H and O–H groups in total. The summed E-state index contributed by atoms with van der Waals surface area (Å²) in [5, 5.41) is 8.96. The molecule has 0 atom stereocenters. The second-order valence-corrected chi connectivity index (χ2v) is 2.47. The standard InChI is InChI=1S/C9H5FN2.2C2H6.H2/c10-9-6-3-1-2-4-7(6)12-8(9)5-11;2*1-2;/h1-4,12H;2*1-2H3;1H. The molecular formula is C13H19FN2. The highest BCUT2D eigenvalue weighted by atomic mass is 19.1. The molecule has 0 amide bonds. The molecule has 3 heteroatoms. The SMILES string of the molecule is CC.CC.N#Cc1[nH]c2ccccc2c1F.[HH]. The first-order chi connectivity index (χ1) is 7.83. The summed E-state index contributed by atoms with van der Waals surface area (Å²) in [6, 6.07) is 8.66. The molecule has 88 valence electrons. The van der Waals surface area contributed by atoms with Gasteiger partial charge in [0.05, 0.1) is 0 Å². The fraction of sp³-hybridized carbons (Fsp3) is 0.308. The number of hydrogen-bond acceptors (Lipinski definition) is 1. The maximum absolute atomic E-state index is 13.2. The number of para-hydroxylation sites is 1. The van der Waals surface area contributed by atoms with Crippen molar-refractivity contribution in [2.75, 3.05) is 0 Å². The molecule has 0 unspecified atom stereocenters. The first kappa shape index (κ1) is 14.2. The number of nitrogens with zero attached hydrogens (tertiary/aromatic N) is 1. The lowest BCUT2D eigenvalue weighted by atomic mass is 10.2. The minimum atomic E-state index is -0.465. The number of benzene rings is 1. The van der Waals surface area contributed by atoms with Crippen molar-refractivity contribution in [3.8, 4) is 6.07 Å². The molecule has 2 aromatic rings. The molecule has 0 bridgehead atoms. The van der Waals surface area contributed by atoms with Crippen molar-refractivity contribution in [3.05, 3.63) is 35.8 Å². The Hall–Kier alpha value is -1.82. The van der Waals surface area contributed by atoms with E-state index >= 15 is 0 Å². The fourth-order valence-corrected chi connectivity index (χ4v) is 1.18. The summed E-state index contributed by atoms with van der Waals surface area (Å²) in [4.78, 5) is 2.68. The number of hydrogen-bond donors (Lipinski definition) is 1. The average molecular weight is 222 g/mol. The van der Waals surface area contributed by atoms with Crippen molar-refractivity contribution in [1.29, 1.82) is 5.26 Å². The highest BCUT2D eigenvalue weighted by Crippen LogP contribution is 2.19. The Bertz CT molecular complexity index is 472. The summed E-state index contributed by atoms with van der Waals surface area (Å²) in [5.74, 6) is -0.465. The zero-order valence-corrected chi connectivity index (χ0v) is 10.1. The zero-order valence-electron chi connectivity index (χ0n) is 10.1. The average Bonchev–Trinajstić information content (AvgIpc) is 2.72. The van der Waals surface area contributed by atoms with E-state index in [1.165, 1.54) is 0 Å². The Morgan fingerprint density at radius 1 is 1.19 bits per heavy atom. The van der Waals surface area contributed by atoms with Gasteiger partial charge in [0.15, 0.2) is 11.5 Å². The van der Waals surface area contributed by atoms with Crippen LogP contribution < -0.4 is 0 Å². The fourth-order valence-electron chi connectivity index (χ4n) is 1.18. The van der Waals surface area contributed by atoms with Gasteiger partial charge in [0.25, 0.3) is 0 Å². The van der Waals surface area contributed by atoms with Crippen LogP contribution in [0.15, 0.2) is 24.3 Å². The number of nitriles is 1. The molecule has 0 aliphatic rings. The topological polar surface area (TPSA) is 39.6 Å². The van der Waals surface area contributed by atoms with Crippen LogP contribution >= 0.6 is 0 Å². The zero-order chi connectivity index (χ0) is 12.6. The normalized spacial score (nSPS) is 8.25. The summed E-state index contributed by atoms with van der Waals surface area (Å²) in [6.45, 7) is 8.00. The van der Waals surface area contributed by atoms with Gasteiger partial charge in [0, 0.05) is 12.3 Å². The van der Waals surface area contributed by atoms with Crippen LogP contribution in [0.5, 0.6) is 0 Å². The van der Waals surface area contributed by atoms with E-state index in [1.54, 1.807) is 30.3 Å². The van der Waals surface area contributed by atoms with Crippen LogP contribution in [0.25, 0.3) is 10.9 Å². The van der Waals surface area contributed by atoms with E-state index in [2.05, 4.69) is 4.98 Å². The smallest absolute Gasteiger partial charge is 0.166 e. The van der Waals surface area contributed by atoms with E-state index in [0.29, 0.717) is 10.9 Å². The quantitative estimate of drug-likeness (QED) is 0.701. The predicted molar refractivity (Wildman–Crippen MR) is 67.8 cm³/mol. The molecule has 16 heavy (non-hydrogen) atoms. The van der Waals surface area contributed by atoms with Crippen molar-refractivity contribution >= 4 is 10.9 Å². The predicted octanol–water partition coefficient (Wildman–Crippen LogP) is 4.48. The third-order valence-electron chi connectivity index (χ3n) is 1.75. The van der Waals surface area contributed by atoms with Gasteiger partial charge in [-0.3, -0.25) is 0 Å². The molecule has 0 aliphatic heterocycles. The first-order valence-electron chi connectivity index (χ1n) is 5.49. The minimum Gasteiger partial charge on any atom is -0.344 e. The minimum absolute atomic E-state index is 0. The van der Waals surface area contributed by atoms with E-state index in [-0.39, 0.29) is 7.12 Å². The van der Waals surface area contributed by atoms with Crippen molar-refractivity contribution in [1.82, 2.24) is 4.98 Å². The Kier molecular flexibility index (Phi) is 6.62. The van der Waals surface area contributed by atoms with E-state index in [0.717, 1.165) is 0 Å². The molecular weight excluding hydrogens is 203 g/mol. The van der Waals surface area contributed by atoms with Gasteiger partial charge in [-0.05, 0) is 12.1 Å². The van der Waals surface area contributed by atoms with Gasteiger partial charge in [-0.15, -0.1) is 0 Å². The van der Waals surface area contributed by atoms with E-state index in [4.69, 9.17) is 5.26 Å². The highest BCUT2D eigenvalue weighted by Gasteiger charge is 2.08. The number of aromatic nitrogens is 1. The van der Waals surface area contributed by atoms with Gasteiger partial charge in [0.1, 0.15) is 6.07 Å². The second kappa shape index (κ2) is 7.47. The molecule has 2 nitrogen and oxygen atoms in total. The van der Waals surface area contributed by atoms with Crippen LogP contribution in [-0.4, -0.2) is 4.98 Å². The van der Waals surface area contributed by atoms with Crippen LogP contribution in [0.1, 0.15) is 34.8 Å². The number of halogens is 1. The first-order valence-corrected chi connectivity index (χ1v) is 5.49. The Labute approximate surface area is 97.2 Å². The maximum Gasteiger partial charge on any atom is 0.166 e. The number of H-pyrrole nitrogens is 1. The van der Waals surface area contributed by atoms with Gasteiger partial charge in [-0.1, -0.05) is 39.8 Å². The van der Waals surface area contributed by atoms with Crippen molar-refractivity contribution in [3.63, 3.8) is 0 Å². The lowest BCUT2D eigenvalue weighted by Crippen LogP contribution is -1.75. The molecule has 1 aromatic carbocycles. The number of rotatable bonds is 0. The van der Waals surface area contributed by atoms with Crippen LogP contribution in [-0.2, 0) is 0 Å². The van der Waals surface area contributed by atoms with Crippen molar-refractivity contribution in [2.45, 2.75) is 27.7 Å². The number of aromatic amines is 1. The lowest BCUT2D eigenvalue weighted by Gasteiger charge is -1.84. The molecule has 2 rings (SSSR count). The Morgan fingerprint density at radius 2 is 1.75 bits per heavy atom. The van der Waals surface area contributed by atoms with Crippen molar-refractivity contribution in [2.24, 2.45) is 0 Å². The summed E-state index contributed by atoms with van der Waals surface area (Å²) in [5.41, 5.74) is 0.655. The molecule has 1 aromatic heterocycles. The molecule has 0 fully saturated rings. The lowest BCUT2D eigenvalue weighted by molar-refractivity contribution is 0.635. The summed E-state index contributed by atoms with van der Waals surface area (Å²) in [7, 11) is 0. The van der Waals surface area contributed by atoms with Gasteiger partial charge in [-0.25, -0.2) is 4.39 Å². The molecule has 0 radical (unpaired) electrons. The van der Waals surface area contributed by atoms with Gasteiger partial charge >= 0.3 is 0 Å². The Morgan fingerprint density at radius 3 is 2.25 bits per heavy atom. The third-order valence-corrected chi connectivity index (χ3v) is 1.75. The van der Waals surface area contributed by atoms with Crippen LogP contribution in [0.2, 0.25) is 0 Å². The molecule has 0 saturated heterocycles. The summed E-state index contributed by atoms with van der Waals surface area (Å²) < 4.78 is 13.2. The van der Waals surface area contributed by atoms with Crippen LogP contribution in [0.4, 0.5) is 4.39 Å². The summed E-state index contributed by atoms with van der Waals surface area (Å²) in [6.07, 6.45) is 0. The van der Waals surface area contributed by atoms with E-state index in [9.17, 15) is 4.39 Å². The third kappa shape index (κ3) is 2.83. The molecule has 0 aliphatic carbocycles. The number of fused-ring (bicyclic) bond motifs is 1. The highest BCUT2D eigenvalue weighted by molar-refractivity contribution is 5.81. The van der Waals surface area contributed by atoms with E-state index in [1.807, 2.05) is 27.7 Å².